The third-order valence-electron chi connectivity index (χ3n) is 2.40. The fourth-order valence-corrected chi connectivity index (χ4v) is 2.70. The van der Waals surface area contributed by atoms with Gasteiger partial charge in [0, 0.05) is 18.9 Å². The largest absolute Gasteiger partial charge is 0.380 e. The predicted octanol–water partition coefficient (Wildman–Crippen LogP) is 1.88. The zero-order chi connectivity index (χ0) is 14.4. The number of nitrogens with one attached hydrogen (secondary N) is 2. The SMILES string of the molecule is C=CCNc1ccccc1S(=O)(=O)Nc1ncccn1. The summed E-state index contributed by atoms with van der Waals surface area (Å²) in [6.45, 7) is 4.05. The van der Waals surface area contributed by atoms with Gasteiger partial charge in [0.2, 0.25) is 5.95 Å². The van der Waals surface area contributed by atoms with Gasteiger partial charge in [-0.2, -0.15) is 0 Å². The standard InChI is InChI=1S/C13H14N4O2S/c1-2-8-14-11-6-3-4-7-12(11)20(18,19)17-13-15-9-5-10-16-13/h2-7,9-10,14H,1,8H2,(H,15,16,17). The van der Waals surface area contributed by atoms with Gasteiger partial charge in [0.05, 0.1) is 5.69 Å². The second-order valence-corrected chi connectivity index (χ2v) is 5.49. The average molecular weight is 290 g/mol. The number of benzene rings is 1. The van der Waals surface area contributed by atoms with Crippen molar-refractivity contribution in [1.82, 2.24) is 9.97 Å². The second-order valence-electron chi connectivity index (χ2n) is 3.84. The van der Waals surface area contributed by atoms with Crippen molar-refractivity contribution in [3.8, 4) is 0 Å². The molecule has 0 saturated heterocycles. The van der Waals surface area contributed by atoms with E-state index in [1.165, 1.54) is 18.5 Å². The Labute approximate surface area is 117 Å². The van der Waals surface area contributed by atoms with E-state index in [0.717, 1.165) is 0 Å². The van der Waals surface area contributed by atoms with Gasteiger partial charge in [-0.25, -0.2) is 23.1 Å². The maximum absolute atomic E-state index is 12.3. The van der Waals surface area contributed by atoms with Crippen LogP contribution in [-0.4, -0.2) is 24.9 Å². The van der Waals surface area contributed by atoms with Gasteiger partial charge < -0.3 is 5.32 Å². The Morgan fingerprint density at radius 1 is 1.15 bits per heavy atom. The topological polar surface area (TPSA) is 84.0 Å². The Hall–Kier alpha value is -2.41. The lowest BCUT2D eigenvalue weighted by molar-refractivity contribution is 0.601. The minimum atomic E-state index is -3.75. The van der Waals surface area contributed by atoms with E-state index in [1.807, 2.05) is 0 Å². The second kappa shape index (κ2) is 6.16. The minimum Gasteiger partial charge on any atom is -0.380 e. The molecule has 0 aliphatic carbocycles. The molecule has 20 heavy (non-hydrogen) atoms. The van der Waals surface area contributed by atoms with Crippen LogP contribution in [-0.2, 0) is 10.0 Å². The Morgan fingerprint density at radius 3 is 2.55 bits per heavy atom. The molecule has 7 heteroatoms. The van der Waals surface area contributed by atoms with Crippen LogP contribution in [0.2, 0.25) is 0 Å². The van der Waals surface area contributed by atoms with Gasteiger partial charge in [0.25, 0.3) is 10.0 Å². The van der Waals surface area contributed by atoms with E-state index >= 15 is 0 Å². The molecule has 0 bridgehead atoms. The predicted molar refractivity (Wildman–Crippen MR) is 78.0 cm³/mol. The van der Waals surface area contributed by atoms with Crippen LogP contribution in [0, 0.1) is 0 Å². The zero-order valence-electron chi connectivity index (χ0n) is 10.7. The first-order valence-corrected chi connectivity index (χ1v) is 7.35. The third-order valence-corrected chi connectivity index (χ3v) is 3.79. The van der Waals surface area contributed by atoms with E-state index in [4.69, 9.17) is 0 Å². The summed E-state index contributed by atoms with van der Waals surface area (Å²) in [7, 11) is -3.75. The van der Waals surface area contributed by atoms with Crippen LogP contribution in [0.15, 0.2) is 60.3 Å². The van der Waals surface area contributed by atoms with E-state index in [2.05, 4.69) is 26.6 Å². The highest BCUT2D eigenvalue weighted by Gasteiger charge is 2.18. The molecular weight excluding hydrogens is 276 g/mol. The highest BCUT2D eigenvalue weighted by Crippen LogP contribution is 2.22. The molecule has 1 aromatic carbocycles. The third kappa shape index (κ3) is 3.33. The fraction of sp³-hybridized carbons (Fsp3) is 0.0769. The smallest absolute Gasteiger partial charge is 0.266 e. The lowest BCUT2D eigenvalue weighted by atomic mass is 10.3. The molecule has 2 N–H and O–H groups in total. The quantitative estimate of drug-likeness (QED) is 0.793. The summed E-state index contributed by atoms with van der Waals surface area (Å²) in [6, 6.07) is 8.21. The van der Waals surface area contributed by atoms with Crippen LogP contribution in [0.4, 0.5) is 11.6 Å². The summed E-state index contributed by atoms with van der Waals surface area (Å²) in [4.78, 5) is 7.82. The molecule has 6 nitrogen and oxygen atoms in total. The van der Waals surface area contributed by atoms with Crippen molar-refractivity contribution in [1.29, 1.82) is 0 Å². The minimum absolute atomic E-state index is 0.0334. The maximum Gasteiger partial charge on any atom is 0.266 e. The van der Waals surface area contributed by atoms with Crippen LogP contribution in [0.3, 0.4) is 0 Å². The monoisotopic (exact) mass is 290 g/mol. The van der Waals surface area contributed by atoms with Crippen LogP contribution in [0.5, 0.6) is 0 Å². The number of sulfonamides is 1. The molecule has 0 radical (unpaired) electrons. The number of rotatable bonds is 6. The molecule has 0 fully saturated rings. The van der Waals surface area contributed by atoms with Gasteiger partial charge in [-0.1, -0.05) is 18.2 Å². The maximum atomic E-state index is 12.3. The number of para-hydroxylation sites is 1. The molecule has 2 rings (SSSR count). The van der Waals surface area contributed by atoms with E-state index < -0.39 is 10.0 Å². The Balaban J connectivity index is 2.32. The van der Waals surface area contributed by atoms with Crippen molar-refractivity contribution in [2.24, 2.45) is 0 Å². The van der Waals surface area contributed by atoms with Crippen molar-refractivity contribution in [3.63, 3.8) is 0 Å². The molecule has 0 saturated carbocycles. The Morgan fingerprint density at radius 2 is 1.85 bits per heavy atom. The molecule has 2 aromatic rings. The summed E-state index contributed by atoms with van der Waals surface area (Å²) in [5, 5.41) is 2.98. The molecule has 0 spiro atoms. The molecule has 104 valence electrons. The molecule has 0 unspecified atom stereocenters. The van der Waals surface area contributed by atoms with Crippen molar-refractivity contribution >= 4 is 21.7 Å². The number of anilines is 2. The number of aromatic nitrogens is 2. The Kier molecular flexibility index (Phi) is 4.31. The first-order valence-electron chi connectivity index (χ1n) is 5.87. The summed E-state index contributed by atoms with van der Waals surface area (Å²) in [5.41, 5.74) is 0.496. The number of hydrogen-bond acceptors (Lipinski definition) is 5. The van der Waals surface area contributed by atoms with Crippen molar-refractivity contribution in [3.05, 3.63) is 55.4 Å². The van der Waals surface area contributed by atoms with Gasteiger partial charge >= 0.3 is 0 Å². The molecule has 0 aliphatic rings. The molecule has 1 aromatic heterocycles. The molecule has 1 heterocycles. The van der Waals surface area contributed by atoms with E-state index in [1.54, 1.807) is 30.3 Å². The Bertz CT molecular complexity index is 687. The lowest BCUT2D eigenvalue weighted by Crippen LogP contribution is -2.17. The average Bonchev–Trinajstić information content (AvgIpc) is 2.46. The first-order chi connectivity index (χ1) is 9.63. The van der Waals surface area contributed by atoms with Gasteiger partial charge in [0.15, 0.2) is 0 Å². The summed E-state index contributed by atoms with van der Waals surface area (Å²) < 4.78 is 27.0. The number of nitrogens with zero attached hydrogens (tertiary/aromatic N) is 2. The first kappa shape index (κ1) is 14.0. The fourth-order valence-electron chi connectivity index (χ4n) is 1.56. The molecular formula is C13H14N4O2S. The zero-order valence-corrected chi connectivity index (χ0v) is 11.5. The van der Waals surface area contributed by atoms with Crippen molar-refractivity contribution in [2.45, 2.75) is 4.90 Å². The summed E-state index contributed by atoms with van der Waals surface area (Å²) >= 11 is 0. The van der Waals surface area contributed by atoms with Gasteiger partial charge in [-0.3, -0.25) is 0 Å². The van der Waals surface area contributed by atoms with Gasteiger partial charge in [-0.15, -0.1) is 6.58 Å². The summed E-state index contributed by atoms with van der Waals surface area (Å²) in [6.07, 6.45) is 4.58. The van der Waals surface area contributed by atoms with Gasteiger partial charge in [0.1, 0.15) is 4.90 Å². The molecule has 0 atom stereocenters. The van der Waals surface area contributed by atoms with Crippen LogP contribution in [0.25, 0.3) is 0 Å². The van der Waals surface area contributed by atoms with E-state index in [0.29, 0.717) is 12.2 Å². The van der Waals surface area contributed by atoms with Crippen LogP contribution >= 0.6 is 0 Å². The highest BCUT2D eigenvalue weighted by molar-refractivity contribution is 7.92. The normalized spacial score (nSPS) is 10.8. The van der Waals surface area contributed by atoms with Crippen LogP contribution < -0.4 is 10.0 Å². The van der Waals surface area contributed by atoms with E-state index in [9.17, 15) is 8.42 Å². The summed E-state index contributed by atoms with van der Waals surface area (Å²) in [5.74, 6) is 0.0334. The van der Waals surface area contributed by atoms with Crippen LogP contribution in [0.1, 0.15) is 0 Å². The highest BCUT2D eigenvalue weighted by atomic mass is 32.2. The molecule has 0 aliphatic heterocycles. The van der Waals surface area contributed by atoms with Crippen molar-refractivity contribution < 1.29 is 8.42 Å². The van der Waals surface area contributed by atoms with E-state index in [-0.39, 0.29) is 10.8 Å². The lowest BCUT2D eigenvalue weighted by Gasteiger charge is -2.11. The molecule has 0 amide bonds. The number of hydrogen-bond donors (Lipinski definition) is 2. The van der Waals surface area contributed by atoms with Crippen molar-refractivity contribution in [2.75, 3.05) is 16.6 Å². The van der Waals surface area contributed by atoms with Gasteiger partial charge in [-0.05, 0) is 18.2 Å².